The Morgan fingerprint density at radius 3 is 1.89 bits per heavy atom. The van der Waals surface area contributed by atoms with Crippen LogP contribution < -0.4 is 0 Å². The second-order valence-electron chi connectivity index (χ2n) is 15.6. The average molecular weight is 607 g/mol. The Kier molecular flexibility index (Phi) is 10.8. The Morgan fingerprint density at radius 2 is 1.18 bits per heavy atom. The SMILES string of the molecule is CCCCCCCCC1CCC(c2cc3c(c(F)c2F)-c2c-3ccc(CCC3CCC(C4CCC(C)CC4)CC3)c2F)CC1. The fourth-order valence-electron chi connectivity index (χ4n) is 9.66. The Hall–Kier alpha value is -1.77. The van der Waals surface area contributed by atoms with E-state index >= 15 is 13.2 Å². The second kappa shape index (κ2) is 14.8. The molecule has 0 aliphatic heterocycles. The molecule has 44 heavy (non-hydrogen) atoms. The smallest absolute Gasteiger partial charge is 0.167 e. The van der Waals surface area contributed by atoms with E-state index in [-0.39, 0.29) is 17.3 Å². The molecule has 3 fully saturated rings. The molecule has 4 aliphatic carbocycles. The van der Waals surface area contributed by atoms with Gasteiger partial charge in [0.1, 0.15) is 5.82 Å². The van der Waals surface area contributed by atoms with Crippen molar-refractivity contribution in [2.45, 2.75) is 155 Å². The van der Waals surface area contributed by atoms with E-state index in [9.17, 15) is 0 Å². The van der Waals surface area contributed by atoms with Gasteiger partial charge in [-0.15, -0.1) is 0 Å². The first-order valence-electron chi connectivity index (χ1n) is 18.8. The Bertz CT molecular complexity index is 1240. The largest absolute Gasteiger partial charge is 0.206 e. The molecule has 242 valence electrons. The van der Waals surface area contributed by atoms with Crippen molar-refractivity contribution in [2.75, 3.05) is 0 Å². The first-order chi connectivity index (χ1) is 21.4. The van der Waals surface area contributed by atoms with Crippen LogP contribution in [-0.2, 0) is 6.42 Å². The third kappa shape index (κ3) is 6.97. The summed E-state index contributed by atoms with van der Waals surface area (Å²) in [7, 11) is 0. The zero-order valence-electron chi connectivity index (χ0n) is 27.7. The van der Waals surface area contributed by atoms with Crippen LogP contribution in [0, 0.1) is 47.0 Å². The topological polar surface area (TPSA) is 0 Å². The zero-order chi connectivity index (χ0) is 30.6. The van der Waals surface area contributed by atoms with E-state index < -0.39 is 11.6 Å². The van der Waals surface area contributed by atoms with Crippen molar-refractivity contribution in [3.8, 4) is 22.3 Å². The number of benzene rings is 2. The quantitative estimate of drug-likeness (QED) is 0.180. The molecule has 0 radical (unpaired) electrons. The van der Waals surface area contributed by atoms with E-state index in [1.165, 1.54) is 96.3 Å². The van der Waals surface area contributed by atoms with Crippen LogP contribution in [0.1, 0.15) is 159 Å². The molecule has 0 spiro atoms. The highest BCUT2D eigenvalue weighted by Crippen LogP contribution is 2.53. The third-order valence-electron chi connectivity index (χ3n) is 12.7. The summed E-state index contributed by atoms with van der Waals surface area (Å²) in [6.07, 6.45) is 25.8. The molecule has 6 rings (SSSR count). The number of hydrogen-bond donors (Lipinski definition) is 0. The number of aryl methyl sites for hydroxylation is 1. The van der Waals surface area contributed by atoms with E-state index in [0.29, 0.717) is 34.6 Å². The summed E-state index contributed by atoms with van der Waals surface area (Å²) in [6.45, 7) is 4.65. The van der Waals surface area contributed by atoms with Gasteiger partial charge in [-0.2, -0.15) is 0 Å². The van der Waals surface area contributed by atoms with Crippen molar-refractivity contribution in [1.29, 1.82) is 0 Å². The van der Waals surface area contributed by atoms with E-state index in [1.807, 2.05) is 18.2 Å². The van der Waals surface area contributed by atoms with Crippen LogP contribution in [-0.4, -0.2) is 0 Å². The molecule has 0 unspecified atom stereocenters. The van der Waals surface area contributed by atoms with Gasteiger partial charge in [0, 0.05) is 11.1 Å². The average Bonchev–Trinajstić information content (AvgIpc) is 3.03. The van der Waals surface area contributed by atoms with Gasteiger partial charge >= 0.3 is 0 Å². The lowest BCUT2D eigenvalue weighted by Gasteiger charge is -2.37. The molecule has 0 aromatic heterocycles. The lowest BCUT2D eigenvalue weighted by Crippen LogP contribution is -2.25. The summed E-state index contributed by atoms with van der Waals surface area (Å²) >= 11 is 0. The first-order valence-corrected chi connectivity index (χ1v) is 18.8. The summed E-state index contributed by atoms with van der Waals surface area (Å²) in [4.78, 5) is 0. The van der Waals surface area contributed by atoms with Gasteiger partial charge in [0.05, 0.1) is 0 Å². The van der Waals surface area contributed by atoms with E-state index in [4.69, 9.17) is 0 Å². The molecule has 2 aromatic carbocycles. The summed E-state index contributed by atoms with van der Waals surface area (Å²) in [5, 5.41) is 0. The van der Waals surface area contributed by atoms with Gasteiger partial charge in [-0.05, 0) is 128 Å². The first kappa shape index (κ1) is 32.2. The number of hydrogen-bond acceptors (Lipinski definition) is 0. The van der Waals surface area contributed by atoms with Crippen molar-refractivity contribution >= 4 is 0 Å². The molecule has 3 saturated carbocycles. The van der Waals surface area contributed by atoms with Gasteiger partial charge in [-0.25, -0.2) is 13.2 Å². The van der Waals surface area contributed by atoms with Crippen LogP contribution in [0.2, 0.25) is 0 Å². The lowest BCUT2D eigenvalue weighted by atomic mass is 9.69. The van der Waals surface area contributed by atoms with Crippen LogP contribution in [0.5, 0.6) is 0 Å². The fraction of sp³-hybridized carbons (Fsp3) is 0.707. The predicted octanol–water partition coefficient (Wildman–Crippen LogP) is 13.3. The fourth-order valence-corrected chi connectivity index (χ4v) is 9.66. The molecule has 0 atom stereocenters. The Balaban J connectivity index is 1.02. The predicted molar refractivity (Wildman–Crippen MR) is 178 cm³/mol. The molecule has 2 aromatic rings. The maximum atomic E-state index is 15.8. The standard InChI is InChI=1S/C41H57F3/c1-3-4-5-6-7-8-9-28-14-21-32(22-15-28)35-26-36-34-25-24-33(39(42)37(34)38(36)41(44)40(35)43)23-16-29-12-19-31(20-13-29)30-17-10-27(2)11-18-30/h24-32H,3-23H2,1-2H3. The van der Waals surface area contributed by atoms with Crippen molar-refractivity contribution < 1.29 is 13.2 Å². The Labute approximate surface area is 266 Å². The molecule has 0 heterocycles. The number of unbranched alkanes of at least 4 members (excludes halogenated alkanes) is 5. The monoisotopic (exact) mass is 606 g/mol. The molecule has 0 N–H and O–H groups in total. The molecular weight excluding hydrogens is 549 g/mol. The van der Waals surface area contributed by atoms with Gasteiger partial charge in [0.15, 0.2) is 11.6 Å². The number of fused-ring (bicyclic) bond motifs is 4. The molecule has 0 amide bonds. The van der Waals surface area contributed by atoms with Crippen molar-refractivity contribution in [3.63, 3.8) is 0 Å². The molecule has 3 heteroatoms. The number of halogens is 3. The highest BCUT2D eigenvalue weighted by atomic mass is 19.2. The molecule has 0 nitrogen and oxygen atoms in total. The van der Waals surface area contributed by atoms with Gasteiger partial charge < -0.3 is 0 Å². The minimum Gasteiger partial charge on any atom is -0.206 e. The van der Waals surface area contributed by atoms with Gasteiger partial charge in [-0.1, -0.05) is 96.6 Å². The zero-order valence-corrected chi connectivity index (χ0v) is 27.7. The lowest BCUT2D eigenvalue weighted by molar-refractivity contribution is 0.147. The van der Waals surface area contributed by atoms with Gasteiger partial charge in [0.25, 0.3) is 0 Å². The van der Waals surface area contributed by atoms with E-state index in [2.05, 4.69) is 13.8 Å². The Morgan fingerprint density at radius 1 is 0.591 bits per heavy atom. The highest BCUT2D eigenvalue weighted by Gasteiger charge is 2.36. The van der Waals surface area contributed by atoms with Crippen molar-refractivity contribution in [3.05, 3.63) is 46.8 Å². The van der Waals surface area contributed by atoms with Crippen LogP contribution in [0.3, 0.4) is 0 Å². The summed E-state index contributed by atoms with van der Waals surface area (Å²) in [5.41, 5.74) is 3.17. The van der Waals surface area contributed by atoms with E-state index in [0.717, 1.165) is 61.3 Å². The van der Waals surface area contributed by atoms with Gasteiger partial charge in [-0.3, -0.25) is 0 Å². The molecule has 0 bridgehead atoms. The maximum absolute atomic E-state index is 15.8. The van der Waals surface area contributed by atoms with Gasteiger partial charge in [0.2, 0.25) is 0 Å². The molecule has 0 saturated heterocycles. The van der Waals surface area contributed by atoms with Crippen LogP contribution >= 0.6 is 0 Å². The third-order valence-corrected chi connectivity index (χ3v) is 12.7. The maximum Gasteiger partial charge on any atom is 0.167 e. The van der Waals surface area contributed by atoms with Crippen LogP contribution in [0.4, 0.5) is 13.2 Å². The minimum absolute atomic E-state index is 0.0699. The van der Waals surface area contributed by atoms with Crippen molar-refractivity contribution in [2.24, 2.45) is 29.6 Å². The minimum atomic E-state index is -0.828. The van der Waals surface area contributed by atoms with E-state index in [1.54, 1.807) is 0 Å². The molecule has 4 aliphatic rings. The van der Waals surface area contributed by atoms with Crippen LogP contribution in [0.25, 0.3) is 22.3 Å². The summed E-state index contributed by atoms with van der Waals surface area (Å²) in [5.74, 6) is 2.30. The number of rotatable bonds is 12. The normalized spacial score (nSPS) is 28.3. The second-order valence-corrected chi connectivity index (χ2v) is 15.6. The van der Waals surface area contributed by atoms with Crippen molar-refractivity contribution in [1.82, 2.24) is 0 Å². The highest BCUT2D eigenvalue weighted by molar-refractivity contribution is 6.03. The molecular formula is C41H57F3. The summed E-state index contributed by atoms with van der Waals surface area (Å²) < 4.78 is 46.9. The summed E-state index contributed by atoms with van der Waals surface area (Å²) in [6, 6.07) is 5.75. The van der Waals surface area contributed by atoms with Crippen LogP contribution in [0.15, 0.2) is 18.2 Å².